The number of sulfonamides is 1. The summed E-state index contributed by atoms with van der Waals surface area (Å²) in [5.41, 5.74) is 0.514. The zero-order valence-electron chi connectivity index (χ0n) is 19.1. The molecule has 0 saturated carbocycles. The van der Waals surface area contributed by atoms with Gasteiger partial charge in [-0.1, -0.05) is 42.1 Å². The molecule has 1 N–H and O–H groups in total. The number of anilines is 1. The average Bonchev–Trinajstić information content (AvgIpc) is 3.26. The van der Waals surface area contributed by atoms with Crippen molar-refractivity contribution in [3.8, 4) is 0 Å². The third-order valence-electron chi connectivity index (χ3n) is 5.99. The minimum atomic E-state index is -4.04. The third-order valence-corrected chi connectivity index (χ3v) is 8.87. The van der Waals surface area contributed by atoms with E-state index in [4.69, 9.17) is 5.11 Å². The number of carboxylic acid groups (broad SMARTS) is 1. The third kappa shape index (κ3) is 5.09. The highest BCUT2D eigenvalue weighted by Gasteiger charge is 2.45. The van der Waals surface area contributed by atoms with Crippen LogP contribution in [0.2, 0.25) is 0 Å². The SMILES string of the molecule is CC(=O)SC1CC(C(=O)N(C)c2ccc(C(=O)O)cc2)N(S(=O)(=O)c2ccc3ccccc3c2)C1. The van der Waals surface area contributed by atoms with Crippen molar-refractivity contribution >= 4 is 55.2 Å². The van der Waals surface area contributed by atoms with Crippen molar-refractivity contribution in [3.05, 3.63) is 72.3 Å². The molecular weight excluding hydrogens is 488 g/mol. The summed E-state index contributed by atoms with van der Waals surface area (Å²) in [6.07, 6.45) is 0.188. The number of carbonyl (C=O) groups excluding carboxylic acids is 2. The molecule has 182 valence electrons. The predicted molar refractivity (Wildman–Crippen MR) is 135 cm³/mol. The van der Waals surface area contributed by atoms with Gasteiger partial charge < -0.3 is 10.0 Å². The number of benzene rings is 3. The minimum Gasteiger partial charge on any atom is -0.478 e. The number of carbonyl (C=O) groups is 3. The first kappa shape index (κ1) is 24.9. The Morgan fingerprint density at radius 3 is 2.29 bits per heavy atom. The highest BCUT2D eigenvalue weighted by molar-refractivity contribution is 8.14. The Bertz CT molecular complexity index is 1400. The fourth-order valence-electron chi connectivity index (χ4n) is 4.22. The monoisotopic (exact) mass is 512 g/mol. The maximum atomic E-state index is 13.7. The number of carboxylic acids is 1. The van der Waals surface area contributed by atoms with Crippen molar-refractivity contribution < 1.29 is 27.9 Å². The summed E-state index contributed by atoms with van der Waals surface area (Å²) in [6, 6.07) is 17.0. The summed E-state index contributed by atoms with van der Waals surface area (Å²) in [4.78, 5) is 37.8. The number of hydrogen-bond acceptors (Lipinski definition) is 6. The lowest BCUT2D eigenvalue weighted by molar-refractivity contribution is -0.121. The number of rotatable bonds is 6. The molecule has 0 radical (unpaired) electrons. The molecule has 1 amide bonds. The van der Waals surface area contributed by atoms with Crippen molar-refractivity contribution in [2.24, 2.45) is 0 Å². The molecule has 0 aliphatic carbocycles. The van der Waals surface area contributed by atoms with Crippen molar-refractivity contribution in [2.45, 2.75) is 29.5 Å². The molecule has 10 heteroatoms. The van der Waals surface area contributed by atoms with E-state index in [0.717, 1.165) is 22.5 Å². The summed E-state index contributed by atoms with van der Waals surface area (Å²) in [5.74, 6) is -1.54. The van der Waals surface area contributed by atoms with E-state index >= 15 is 0 Å². The molecule has 1 aliphatic rings. The average molecular weight is 513 g/mol. The molecule has 3 aromatic carbocycles. The molecule has 4 rings (SSSR count). The van der Waals surface area contributed by atoms with Gasteiger partial charge in [0.15, 0.2) is 5.12 Å². The fraction of sp³-hybridized carbons (Fsp3) is 0.240. The molecule has 1 heterocycles. The Kier molecular flexibility index (Phi) is 6.98. The largest absolute Gasteiger partial charge is 0.478 e. The lowest BCUT2D eigenvalue weighted by Crippen LogP contribution is -2.46. The van der Waals surface area contributed by atoms with Crippen molar-refractivity contribution in [2.75, 3.05) is 18.5 Å². The lowest BCUT2D eigenvalue weighted by atomic mass is 10.1. The first-order valence-electron chi connectivity index (χ1n) is 10.9. The van der Waals surface area contributed by atoms with Gasteiger partial charge in [-0.15, -0.1) is 0 Å². The predicted octanol–water partition coefficient (Wildman–Crippen LogP) is 3.61. The number of thioether (sulfide) groups is 1. The number of aromatic carboxylic acids is 1. The van der Waals surface area contributed by atoms with Crippen LogP contribution >= 0.6 is 11.8 Å². The molecule has 0 aromatic heterocycles. The molecule has 35 heavy (non-hydrogen) atoms. The number of hydrogen-bond donors (Lipinski definition) is 1. The summed E-state index contributed by atoms with van der Waals surface area (Å²) in [7, 11) is -2.53. The van der Waals surface area contributed by atoms with Crippen molar-refractivity contribution in [3.63, 3.8) is 0 Å². The van der Waals surface area contributed by atoms with Gasteiger partial charge in [-0.2, -0.15) is 4.31 Å². The molecule has 0 spiro atoms. The van der Waals surface area contributed by atoms with Gasteiger partial charge in [-0.25, -0.2) is 13.2 Å². The normalized spacial score (nSPS) is 18.5. The summed E-state index contributed by atoms with van der Waals surface area (Å²) < 4.78 is 28.6. The fourth-order valence-corrected chi connectivity index (χ4v) is 6.97. The number of amides is 1. The molecule has 1 fully saturated rings. The van der Waals surface area contributed by atoms with E-state index < -0.39 is 27.9 Å². The molecule has 1 saturated heterocycles. The van der Waals surface area contributed by atoms with Gasteiger partial charge in [-0.05, 0) is 53.6 Å². The highest BCUT2D eigenvalue weighted by atomic mass is 32.2. The Morgan fingerprint density at radius 2 is 1.66 bits per heavy atom. The van der Waals surface area contributed by atoms with Gasteiger partial charge in [0.05, 0.1) is 10.5 Å². The van der Waals surface area contributed by atoms with Gasteiger partial charge in [0.1, 0.15) is 6.04 Å². The van der Waals surface area contributed by atoms with Crippen LogP contribution in [0.15, 0.2) is 71.6 Å². The van der Waals surface area contributed by atoms with Crippen molar-refractivity contribution in [1.29, 1.82) is 0 Å². The molecule has 8 nitrogen and oxygen atoms in total. The maximum absolute atomic E-state index is 13.7. The van der Waals surface area contributed by atoms with Gasteiger partial charge in [0, 0.05) is 31.5 Å². The molecule has 0 bridgehead atoms. The van der Waals surface area contributed by atoms with Crippen LogP contribution in [0.4, 0.5) is 5.69 Å². The summed E-state index contributed by atoms with van der Waals surface area (Å²) in [5, 5.41) is 10.3. The Morgan fingerprint density at radius 1 is 1.00 bits per heavy atom. The van der Waals surface area contributed by atoms with Gasteiger partial charge in [-0.3, -0.25) is 9.59 Å². The Balaban J connectivity index is 1.67. The van der Waals surface area contributed by atoms with Crippen LogP contribution in [0.3, 0.4) is 0 Å². The Labute approximate surface area is 207 Å². The standard InChI is InChI=1S/C25H24N2O6S2/c1-16(28)34-21-14-23(24(29)26(2)20-10-7-18(8-11-20)25(30)31)27(15-21)35(32,33)22-12-9-17-5-3-4-6-19(17)13-22/h3-13,21,23H,14-15H2,1-2H3,(H,30,31). The van der Waals surface area contributed by atoms with E-state index in [0.29, 0.717) is 5.69 Å². The van der Waals surface area contributed by atoms with E-state index in [-0.39, 0.29) is 33.8 Å². The quantitative estimate of drug-likeness (QED) is 0.537. The van der Waals surface area contributed by atoms with Crippen LogP contribution in [-0.4, -0.2) is 59.7 Å². The first-order chi connectivity index (χ1) is 16.6. The van der Waals surface area contributed by atoms with E-state index in [9.17, 15) is 22.8 Å². The van der Waals surface area contributed by atoms with Crippen LogP contribution in [0.25, 0.3) is 10.8 Å². The zero-order valence-corrected chi connectivity index (χ0v) is 20.8. The van der Waals surface area contributed by atoms with Gasteiger partial charge in [0.25, 0.3) is 0 Å². The summed E-state index contributed by atoms with van der Waals surface area (Å²) >= 11 is 1.03. The molecular formula is C25H24N2O6S2. The van der Waals surface area contributed by atoms with Crippen LogP contribution in [0.5, 0.6) is 0 Å². The van der Waals surface area contributed by atoms with Crippen LogP contribution in [-0.2, 0) is 19.6 Å². The van der Waals surface area contributed by atoms with E-state index in [1.807, 2.05) is 24.3 Å². The van der Waals surface area contributed by atoms with Gasteiger partial charge in [0.2, 0.25) is 15.9 Å². The second-order valence-corrected chi connectivity index (χ2v) is 11.7. The second kappa shape index (κ2) is 9.80. The first-order valence-corrected chi connectivity index (χ1v) is 13.2. The maximum Gasteiger partial charge on any atom is 0.335 e. The topological polar surface area (TPSA) is 112 Å². The number of fused-ring (bicyclic) bond motifs is 1. The number of nitrogens with zero attached hydrogens (tertiary/aromatic N) is 2. The Hall–Kier alpha value is -3.21. The minimum absolute atomic E-state index is 0.0294. The molecule has 3 aromatic rings. The number of likely N-dealkylation sites (N-methyl/N-ethyl adjacent to an activating group) is 1. The molecule has 2 atom stereocenters. The second-order valence-electron chi connectivity index (χ2n) is 8.32. The van der Waals surface area contributed by atoms with Gasteiger partial charge >= 0.3 is 5.97 Å². The van der Waals surface area contributed by atoms with Crippen molar-refractivity contribution in [1.82, 2.24) is 4.31 Å². The smallest absolute Gasteiger partial charge is 0.335 e. The zero-order chi connectivity index (χ0) is 25.3. The van der Waals surface area contributed by atoms with Crippen LogP contribution in [0.1, 0.15) is 23.7 Å². The van der Waals surface area contributed by atoms with Crippen LogP contribution < -0.4 is 4.90 Å². The highest BCUT2D eigenvalue weighted by Crippen LogP contribution is 2.35. The lowest BCUT2D eigenvalue weighted by Gasteiger charge is -2.27. The van der Waals surface area contributed by atoms with E-state index in [2.05, 4.69) is 0 Å². The summed E-state index contributed by atoms with van der Waals surface area (Å²) in [6.45, 7) is 1.44. The van der Waals surface area contributed by atoms with E-state index in [1.54, 1.807) is 12.1 Å². The molecule has 2 unspecified atom stereocenters. The van der Waals surface area contributed by atoms with Crippen LogP contribution in [0, 0.1) is 0 Å². The molecule has 1 aliphatic heterocycles. The van der Waals surface area contributed by atoms with E-state index in [1.165, 1.54) is 53.5 Å².